The van der Waals surface area contributed by atoms with Gasteiger partial charge in [-0.1, -0.05) is 44.5 Å². The van der Waals surface area contributed by atoms with Crippen LogP contribution in [0.25, 0.3) is 11.1 Å². The molecule has 0 heterocycles. The van der Waals surface area contributed by atoms with Crippen molar-refractivity contribution in [2.45, 2.75) is 52.7 Å². The summed E-state index contributed by atoms with van der Waals surface area (Å²) in [6.45, 7) is 10.5. The minimum absolute atomic E-state index is 0.0175. The van der Waals surface area contributed by atoms with E-state index >= 15 is 0 Å². The molecule has 0 saturated carbocycles. The fourth-order valence-electron chi connectivity index (χ4n) is 2.93. The van der Waals surface area contributed by atoms with Crippen LogP contribution >= 0.6 is 0 Å². The number of carbonyl (C=O) groups is 1. The molecule has 0 saturated heterocycles. The van der Waals surface area contributed by atoms with Crippen LogP contribution in [0.15, 0.2) is 48.5 Å². The number of hydrogen-bond acceptors (Lipinski definition) is 4. The molecule has 0 fully saturated rings. The van der Waals surface area contributed by atoms with Crippen LogP contribution in [0, 0.1) is 5.92 Å². The molecule has 2 N–H and O–H groups in total. The second-order valence-corrected chi connectivity index (χ2v) is 8.33. The highest BCUT2D eigenvalue weighted by Crippen LogP contribution is 2.24. The average molecular weight is 399 g/mol. The number of amides is 1. The van der Waals surface area contributed by atoms with E-state index in [1.807, 2.05) is 45.0 Å². The van der Waals surface area contributed by atoms with Crippen LogP contribution in [0.3, 0.4) is 0 Å². The minimum atomic E-state index is -0.505. The molecule has 5 nitrogen and oxygen atoms in total. The van der Waals surface area contributed by atoms with E-state index in [4.69, 9.17) is 9.47 Å². The quantitative estimate of drug-likeness (QED) is 0.598. The van der Waals surface area contributed by atoms with Crippen LogP contribution in [-0.2, 0) is 4.74 Å². The Hall–Kier alpha value is -2.69. The molecule has 1 amide bonds. The van der Waals surface area contributed by atoms with Crippen LogP contribution in [0.1, 0.15) is 41.0 Å². The Morgan fingerprint density at radius 1 is 1.00 bits per heavy atom. The highest BCUT2D eigenvalue weighted by molar-refractivity contribution is 5.68. The number of nitrogens with one attached hydrogen (secondary N) is 2. The Bertz CT molecular complexity index is 764. The minimum Gasteiger partial charge on any atom is -0.497 e. The van der Waals surface area contributed by atoms with E-state index in [9.17, 15) is 4.79 Å². The summed E-state index contributed by atoms with van der Waals surface area (Å²) in [6, 6.07) is 16.3. The molecule has 2 aromatic rings. The number of alkyl carbamates (subject to hydrolysis) is 1. The Labute approximate surface area is 174 Å². The molecule has 29 heavy (non-hydrogen) atoms. The molecule has 0 aromatic heterocycles. The highest BCUT2D eigenvalue weighted by atomic mass is 16.6. The van der Waals surface area contributed by atoms with E-state index in [-0.39, 0.29) is 12.1 Å². The highest BCUT2D eigenvalue weighted by Gasteiger charge is 2.22. The Kier molecular flexibility index (Phi) is 7.94. The second-order valence-electron chi connectivity index (χ2n) is 8.33. The monoisotopic (exact) mass is 398 g/mol. The zero-order chi connectivity index (χ0) is 21.4. The van der Waals surface area contributed by atoms with Crippen LogP contribution in [0.4, 0.5) is 10.5 Å². The van der Waals surface area contributed by atoms with Crippen molar-refractivity contribution in [1.82, 2.24) is 5.32 Å². The van der Waals surface area contributed by atoms with Crippen LogP contribution in [0.5, 0.6) is 5.75 Å². The lowest BCUT2D eigenvalue weighted by Crippen LogP contribution is -2.45. The van der Waals surface area contributed by atoms with E-state index in [1.54, 1.807) is 7.11 Å². The molecule has 0 aliphatic rings. The third-order valence-electron chi connectivity index (χ3n) is 4.87. The summed E-state index contributed by atoms with van der Waals surface area (Å²) in [6.07, 6.45) is 0.595. The van der Waals surface area contributed by atoms with Crippen molar-refractivity contribution in [3.8, 4) is 16.9 Å². The second kappa shape index (κ2) is 10.2. The normalized spacial score (nSPS) is 13.3. The van der Waals surface area contributed by atoms with Crippen molar-refractivity contribution in [3.63, 3.8) is 0 Å². The Morgan fingerprint density at radius 2 is 1.55 bits per heavy atom. The lowest BCUT2D eigenvalue weighted by Gasteiger charge is -2.27. The fraction of sp³-hybridized carbons (Fsp3) is 0.458. The predicted octanol–water partition coefficient (Wildman–Crippen LogP) is 5.71. The van der Waals surface area contributed by atoms with Crippen LogP contribution < -0.4 is 15.4 Å². The van der Waals surface area contributed by atoms with Gasteiger partial charge in [0.05, 0.1) is 13.2 Å². The molecule has 158 valence electrons. The van der Waals surface area contributed by atoms with E-state index in [0.29, 0.717) is 12.5 Å². The van der Waals surface area contributed by atoms with E-state index in [1.165, 1.54) is 0 Å². The SMILES string of the molecule is CC[C@H](C)[C@@H](CNc1ccc(-c2ccc(OC)cc2)cc1)NC(=O)OC(C)(C)C. The molecule has 0 spiro atoms. The largest absolute Gasteiger partial charge is 0.497 e. The number of rotatable bonds is 8. The van der Waals surface area contributed by atoms with Gasteiger partial charge in [-0.3, -0.25) is 0 Å². The molecule has 0 unspecified atom stereocenters. The van der Waals surface area contributed by atoms with Gasteiger partial charge in [-0.15, -0.1) is 0 Å². The third kappa shape index (κ3) is 7.33. The number of ether oxygens (including phenoxy) is 2. The number of anilines is 1. The number of hydrogen-bond donors (Lipinski definition) is 2. The van der Waals surface area contributed by atoms with Crippen molar-refractivity contribution >= 4 is 11.8 Å². The number of carbonyl (C=O) groups excluding carboxylic acids is 1. The third-order valence-corrected chi connectivity index (χ3v) is 4.87. The lowest BCUT2D eigenvalue weighted by atomic mass is 9.99. The van der Waals surface area contributed by atoms with E-state index < -0.39 is 5.60 Å². The van der Waals surface area contributed by atoms with E-state index in [2.05, 4.69) is 48.7 Å². The first-order valence-corrected chi connectivity index (χ1v) is 10.2. The van der Waals surface area contributed by atoms with Crippen molar-refractivity contribution in [2.24, 2.45) is 5.92 Å². The molecule has 5 heteroatoms. The Morgan fingerprint density at radius 3 is 2.03 bits per heavy atom. The van der Waals surface area contributed by atoms with Gasteiger partial charge in [-0.25, -0.2) is 4.79 Å². The molecule has 0 radical (unpaired) electrons. The molecule has 2 atom stereocenters. The van der Waals surface area contributed by atoms with Gasteiger partial charge in [-0.05, 0) is 62.1 Å². The van der Waals surface area contributed by atoms with Gasteiger partial charge in [0, 0.05) is 12.2 Å². The van der Waals surface area contributed by atoms with Gasteiger partial charge in [0.1, 0.15) is 11.4 Å². The van der Waals surface area contributed by atoms with E-state index in [0.717, 1.165) is 29.0 Å². The predicted molar refractivity (Wildman–Crippen MR) is 120 cm³/mol. The molecular weight excluding hydrogens is 364 g/mol. The standard InChI is InChI=1S/C24H34N2O3/c1-7-17(2)22(26-23(27)29-24(3,4)5)16-25-20-12-8-18(9-13-20)19-10-14-21(28-6)15-11-19/h8-15,17,22,25H,7,16H2,1-6H3,(H,26,27)/t17-,22+/m0/s1. The summed E-state index contributed by atoms with van der Waals surface area (Å²) in [5.74, 6) is 1.18. The summed E-state index contributed by atoms with van der Waals surface area (Å²) < 4.78 is 10.6. The fourth-order valence-corrected chi connectivity index (χ4v) is 2.93. The topological polar surface area (TPSA) is 59.6 Å². The summed E-state index contributed by atoms with van der Waals surface area (Å²) in [5, 5.41) is 6.44. The first-order valence-electron chi connectivity index (χ1n) is 10.2. The molecule has 0 aliphatic carbocycles. The molecule has 0 aliphatic heterocycles. The zero-order valence-electron chi connectivity index (χ0n) is 18.4. The summed E-state index contributed by atoms with van der Waals surface area (Å²) in [7, 11) is 1.67. The molecule has 2 rings (SSSR count). The van der Waals surface area contributed by atoms with Gasteiger partial charge < -0.3 is 20.1 Å². The number of methoxy groups -OCH3 is 1. The molecular formula is C24H34N2O3. The Balaban J connectivity index is 1.98. The maximum absolute atomic E-state index is 12.2. The summed E-state index contributed by atoms with van der Waals surface area (Å²) >= 11 is 0. The van der Waals surface area contributed by atoms with Gasteiger partial charge in [0.15, 0.2) is 0 Å². The van der Waals surface area contributed by atoms with Crippen molar-refractivity contribution in [3.05, 3.63) is 48.5 Å². The number of benzene rings is 2. The van der Waals surface area contributed by atoms with Gasteiger partial charge in [0.2, 0.25) is 0 Å². The van der Waals surface area contributed by atoms with Gasteiger partial charge >= 0.3 is 6.09 Å². The lowest BCUT2D eigenvalue weighted by molar-refractivity contribution is 0.0491. The first-order chi connectivity index (χ1) is 13.7. The van der Waals surface area contributed by atoms with Crippen molar-refractivity contribution < 1.29 is 14.3 Å². The smallest absolute Gasteiger partial charge is 0.407 e. The zero-order valence-corrected chi connectivity index (χ0v) is 18.4. The van der Waals surface area contributed by atoms with Crippen molar-refractivity contribution in [1.29, 1.82) is 0 Å². The van der Waals surface area contributed by atoms with Crippen LogP contribution in [-0.4, -0.2) is 31.4 Å². The van der Waals surface area contributed by atoms with Gasteiger partial charge in [0.25, 0.3) is 0 Å². The molecule has 0 bridgehead atoms. The van der Waals surface area contributed by atoms with Crippen LogP contribution in [0.2, 0.25) is 0 Å². The summed E-state index contributed by atoms with van der Waals surface area (Å²) in [5.41, 5.74) is 2.79. The maximum atomic E-state index is 12.2. The van der Waals surface area contributed by atoms with Gasteiger partial charge in [-0.2, -0.15) is 0 Å². The summed E-state index contributed by atoms with van der Waals surface area (Å²) in [4.78, 5) is 12.2. The average Bonchev–Trinajstić information content (AvgIpc) is 2.69. The van der Waals surface area contributed by atoms with Crippen molar-refractivity contribution in [2.75, 3.05) is 19.0 Å². The maximum Gasteiger partial charge on any atom is 0.407 e. The molecule has 2 aromatic carbocycles. The first kappa shape index (κ1) is 22.6.